The van der Waals surface area contributed by atoms with E-state index in [1.807, 2.05) is 0 Å². The van der Waals surface area contributed by atoms with Crippen LogP contribution in [0, 0.1) is 11.6 Å². The molecule has 0 radical (unpaired) electrons. The first kappa shape index (κ1) is 29.3. The van der Waals surface area contributed by atoms with Crippen molar-refractivity contribution < 1.29 is 26.7 Å². The van der Waals surface area contributed by atoms with Gasteiger partial charge in [-0.3, -0.25) is 4.79 Å². The van der Waals surface area contributed by atoms with Gasteiger partial charge in [0.15, 0.2) is 0 Å². The standard InChI is InChI=1S/C28H33F2N3O4S2/c29-23-7-5-21(6-8-23)18-37-19-27(34)31-15-3-1-2-4-25-20-38-28(32-25)22-13-16-33(17-14-22)39(35,36)26-11-9-24(30)10-12-26/h5-12,20,22H,1-4,13-19H2,(H,31,34). The van der Waals surface area contributed by atoms with Crippen molar-refractivity contribution in [2.45, 2.75) is 55.9 Å². The molecule has 0 aliphatic carbocycles. The number of aromatic nitrogens is 1. The van der Waals surface area contributed by atoms with Crippen molar-refractivity contribution in [2.24, 2.45) is 0 Å². The van der Waals surface area contributed by atoms with Crippen molar-refractivity contribution in [1.29, 1.82) is 0 Å². The number of thiazole rings is 1. The number of rotatable bonds is 13. The molecular formula is C28H33F2N3O4S2. The topological polar surface area (TPSA) is 88.6 Å². The Morgan fingerprint density at radius 2 is 1.67 bits per heavy atom. The van der Waals surface area contributed by atoms with Crippen LogP contribution in [-0.2, 0) is 32.6 Å². The average Bonchev–Trinajstić information content (AvgIpc) is 3.41. The van der Waals surface area contributed by atoms with Gasteiger partial charge in [0.2, 0.25) is 15.9 Å². The fourth-order valence-electron chi connectivity index (χ4n) is 4.45. The van der Waals surface area contributed by atoms with Gasteiger partial charge < -0.3 is 10.1 Å². The summed E-state index contributed by atoms with van der Waals surface area (Å²) < 4.78 is 58.6. The molecule has 1 saturated heterocycles. The lowest BCUT2D eigenvalue weighted by molar-refractivity contribution is -0.126. The molecule has 1 N–H and O–H groups in total. The predicted molar refractivity (Wildman–Crippen MR) is 146 cm³/mol. The summed E-state index contributed by atoms with van der Waals surface area (Å²) in [6.45, 7) is 1.65. The number of sulfonamides is 1. The summed E-state index contributed by atoms with van der Waals surface area (Å²) in [5, 5.41) is 5.98. The average molecular weight is 578 g/mol. The first-order valence-electron chi connectivity index (χ1n) is 13.1. The molecule has 0 bridgehead atoms. The van der Waals surface area contributed by atoms with Crippen LogP contribution in [0.1, 0.15) is 54.3 Å². The van der Waals surface area contributed by atoms with Crippen LogP contribution in [0.4, 0.5) is 8.78 Å². The van der Waals surface area contributed by atoms with Crippen LogP contribution in [-0.4, -0.2) is 49.9 Å². The summed E-state index contributed by atoms with van der Waals surface area (Å²) in [5.74, 6) is -0.690. The van der Waals surface area contributed by atoms with Gasteiger partial charge in [-0.25, -0.2) is 22.2 Å². The monoisotopic (exact) mass is 577 g/mol. The number of benzene rings is 2. The highest BCUT2D eigenvalue weighted by Crippen LogP contribution is 2.32. The SMILES string of the molecule is O=C(COCc1ccc(F)cc1)NCCCCCc1csc(C2CCN(S(=O)(=O)c3ccc(F)cc3)CC2)n1. The molecule has 0 saturated carbocycles. The number of halogens is 2. The number of ether oxygens (including phenoxy) is 1. The number of hydrogen-bond acceptors (Lipinski definition) is 6. The summed E-state index contributed by atoms with van der Waals surface area (Å²) in [7, 11) is -3.62. The minimum Gasteiger partial charge on any atom is -0.367 e. The van der Waals surface area contributed by atoms with E-state index in [1.54, 1.807) is 23.5 Å². The Morgan fingerprint density at radius 1 is 1.00 bits per heavy atom. The third-order valence-corrected chi connectivity index (χ3v) is 9.64. The zero-order valence-electron chi connectivity index (χ0n) is 21.7. The summed E-state index contributed by atoms with van der Waals surface area (Å²) in [4.78, 5) is 16.8. The number of hydrogen-bond donors (Lipinski definition) is 1. The van der Waals surface area contributed by atoms with Crippen LogP contribution < -0.4 is 5.32 Å². The lowest BCUT2D eigenvalue weighted by Crippen LogP contribution is -2.37. The highest BCUT2D eigenvalue weighted by molar-refractivity contribution is 7.89. The number of piperidine rings is 1. The van der Waals surface area contributed by atoms with Gasteiger partial charge in [-0.1, -0.05) is 18.6 Å². The molecule has 0 unspecified atom stereocenters. The van der Waals surface area contributed by atoms with E-state index in [4.69, 9.17) is 9.72 Å². The van der Waals surface area contributed by atoms with E-state index in [2.05, 4.69) is 10.7 Å². The zero-order chi connectivity index (χ0) is 27.7. The Kier molecular flexibility index (Phi) is 10.6. The highest BCUT2D eigenvalue weighted by Gasteiger charge is 2.31. The van der Waals surface area contributed by atoms with Crippen LogP contribution in [0.5, 0.6) is 0 Å². The molecule has 0 atom stereocenters. The second-order valence-corrected chi connectivity index (χ2v) is 12.4. The van der Waals surface area contributed by atoms with Gasteiger partial charge in [-0.15, -0.1) is 11.3 Å². The summed E-state index contributed by atoms with van der Waals surface area (Å²) >= 11 is 1.63. The molecule has 4 rings (SSSR count). The van der Waals surface area contributed by atoms with E-state index in [0.29, 0.717) is 32.5 Å². The van der Waals surface area contributed by atoms with Crippen molar-refractivity contribution in [3.63, 3.8) is 0 Å². The van der Waals surface area contributed by atoms with Crippen LogP contribution in [0.25, 0.3) is 0 Å². The van der Waals surface area contributed by atoms with Crippen molar-refractivity contribution in [2.75, 3.05) is 26.2 Å². The smallest absolute Gasteiger partial charge is 0.246 e. The number of carbonyl (C=O) groups is 1. The fourth-order valence-corrected chi connectivity index (χ4v) is 6.95. The molecule has 7 nitrogen and oxygen atoms in total. The lowest BCUT2D eigenvalue weighted by atomic mass is 9.99. The summed E-state index contributed by atoms with van der Waals surface area (Å²) in [6.07, 6.45) is 5.07. The quantitative estimate of drug-likeness (QED) is 0.288. The Morgan fingerprint density at radius 3 is 2.36 bits per heavy atom. The van der Waals surface area contributed by atoms with E-state index >= 15 is 0 Å². The van der Waals surface area contributed by atoms with Crippen LogP contribution >= 0.6 is 11.3 Å². The third-order valence-electron chi connectivity index (χ3n) is 6.67. The molecule has 1 amide bonds. The number of carbonyl (C=O) groups excluding carboxylic acids is 1. The largest absolute Gasteiger partial charge is 0.367 e. The third kappa shape index (κ3) is 8.63. The first-order chi connectivity index (χ1) is 18.8. The molecule has 1 aliphatic heterocycles. The molecular weight excluding hydrogens is 544 g/mol. The van der Waals surface area contributed by atoms with E-state index in [-0.39, 0.29) is 35.8 Å². The van der Waals surface area contributed by atoms with Gasteiger partial charge in [0.25, 0.3) is 0 Å². The Bertz CT molecular complexity index is 1310. The van der Waals surface area contributed by atoms with Crippen LogP contribution in [0.15, 0.2) is 58.8 Å². The molecule has 1 aromatic heterocycles. The molecule has 3 aromatic rings. The minimum atomic E-state index is -3.62. The Balaban J connectivity index is 1.09. The summed E-state index contributed by atoms with van der Waals surface area (Å²) in [6, 6.07) is 10.9. The zero-order valence-corrected chi connectivity index (χ0v) is 23.3. The van der Waals surface area contributed by atoms with E-state index < -0.39 is 15.8 Å². The predicted octanol–water partition coefficient (Wildman–Crippen LogP) is 5.04. The molecule has 2 aromatic carbocycles. The Hall–Kier alpha value is -2.73. The highest BCUT2D eigenvalue weighted by atomic mass is 32.2. The Labute approximate surface area is 232 Å². The van der Waals surface area contributed by atoms with Crippen LogP contribution in [0.2, 0.25) is 0 Å². The number of unbranched alkanes of at least 4 members (excludes halogenated alkanes) is 2. The number of nitrogens with one attached hydrogen (secondary N) is 1. The molecule has 1 fully saturated rings. The normalized spacial score (nSPS) is 14.9. The summed E-state index contributed by atoms with van der Waals surface area (Å²) in [5.41, 5.74) is 1.87. The van der Waals surface area contributed by atoms with Gasteiger partial charge in [0, 0.05) is 30.9 Å². The van der Waals surface area contributed by atoms with E-state index in [0.717, 1.165) is 41.9 Å². The van der Waals surface area contributed by atoms with Gasteiger partial charge in [0.05, 0.1) is 22.2 Å². The van der Waals surface area contributed by atoms with Crippen molar-refractivity contribution in [3.8, 4) is 0 Å². The van der Waals surface area contributed by atoms with Crippen molar-refractivity contribution in [3.05, 3.63) is 81.8 Å². The maximum Gasteiger partial charge on any atom is 0.246 e. The van der Waals surface area contributed by atoms with Gasteiger partial charge in [0.1, 0.15) is 18.2 Å². The molecule has 1 aliphatic rings. The maximum atomic E-state index is 13.2. The van der Waals surface area contributed by atoms with E-state index in [1.165, 1.54) is 40.7 Å². The van der Waals surface area contributed by atoms with Crippen LogP contribution in [0.3, 0.4) is 0 Å². The molecule has 39 heavy (non-hydrogen) atoms. The molecule has 11 heteroatoms. The van der Waals surface area contributed by atoms with E-state index in [9.17, 15) is 22.0 Å². The second-order valence-electron chi connectivity index (χ2n) is 9.59. The number of aryl methyl sites for hydroxylation is 1. The second kappa shape index (κ2) is 14.1. The van der Waals surface area contributed by atoms with Gasteiger partial charge >= 0.3 is 0 Å². The first-order valence-corrected chi connectivity index (χ1v) is 15.4. The van der Waals surface area contributed by atoms with Crippen molar-refractivity contribution >= 4 is 27.3 Å². The molecule has 210 valence electrons. The lowest BCUT2D eigenvalue weighted by Gasteiger charge is -2.30. The number of amides is 1. The van der Waals surface area contributed by atoms with Crippen molar-refractivity contribution in [1.82, 2.24) is 14.6 Å². The maximum absolute atomic E-state index is 13.2. The molecule has 2 heterocycles. The van der Waals surface area contributed by atoms with Gasteiger partial charge in [-0.05, 0) is 74.1 Å². The van der Waals surface area contributed by atoms with Gasteiger partial charge in [-0.2, -0.15) is 4.31 Å². The fraction of sp³-hybridized carbons (Fsp3) is 0.429. The number of nitrogens with zero attached hydrogens (tertiary/aromatic N) is 2. The molecule has 0 spiro atoms. The minimum absolute atomic E-state index is 0.0317.